The van der Waals surface area contributed by atoms with Gasteiger partial charge in [0.05, 0.1) is 52.9 Å². The Morgan fingerprint density at radius 2 is 0.455 bits per heavy atom. The Balaban J connectivity index is 1.00. The molecule has 24 fully saturated rings. The fourth-order valence-corrected chi connectivity index (χ4v) is 11.8. The first-order valence-corrected chi connectivity index (χ1v) is 28.1. The van der Waals surface area contributed by atoms with Crippen molar-refractivity contribution in [2.75, 3.05) is 52.9 Å². The van der Waals surface area contributed by atoms with Crippen LogP contribution >= 0.6 is 0 Å². The highest BCUT2D eigenvalue weighted by atomic mass is 16.8. The molecule has 0 aliphatic carbocycles. The average Bonchev–Trinajstić information content (AvgIpc) is 1.69. The van der Waals surface area contributed by atoms with Crippen molar-refractivity contribution in [3.05, 3.63) is 0 Å². The lowest BCUT2D eigenvalue weighted by molar-refractivity contribution is -0.405. The lowest BCUT2D eigenvalue weighted by Crippen LogP contribution is -2.69. The summed E-state index contributed by atoms with van der Waals surface area (Å²) in [7, 11) is 0. The molecule has 24 aliphatic rings. The molecule has 24 rings (SSSR count). The van der Waals surface area contributed by atoms with Crippen molar-refractivity contribution in [1.29, 1.82) is 0 Å². The molecule has 0 amide bonds. The minimum Gasteiger partial charge on any atom is -0.394 e. The lowest BCUT2D eigenvalue weighted by atomic mass is 9.94. The Labute approximate surface area is 496 Å². The zero-order valence-electron chi connectivity index (χ0n) is 46.0. The molecular formula is C48H80O40. The molecule has 512 valence electrons. The van der Waals surface area contributed by atoms with Crippen LogP contribution in [0.3, 0.4) is 0 Å². The zero-order chi connectivity index (χ0) is 64.1. The summed E-state index contributed by atoms with van der Waals surface area (Å²) in [5.74, 6) is 0. The van der Waals surface area contributed by atoms with Gasteiger partial charge in [-0.25, -0.2) is 0 Å². The Morgan fingerprint density at radius 3 is 0.739 bits per heavy atom. The molecule has 40 unspecified atom stereocenters. The monoisotopic (exact) mass is 1300 g/mol. The van der Waals surface area contributed by atoms with Crippen molar-refractivity contribution in [1.82, 2.24) is 0 Å². The zero-order valence-corrected chi connectivity index (χ0v) is 46.0. The Kier molecular flexibility index (Phi) is 24.1. The SMILES string of the molecule is OCC1OC(OC2C(CO)OC(OCC3OC4OC5C(CO)OC(OC6C(CO)OC(OC7C(CO)OC(OC8C(CO)OC(OC9C(CO)OC(OC3C(O)C4O)C(O)C9O)C(O)C8O)C(O)C7O)C(O)C6O)C(O)C5O)C(O)C2O)C(O)C(O)C1O. The normalized spacial score (nSPS) is 55.1. The fraction of sp³-hybridized carbons (Fsp3) is 1.00. The third-order valence-corrected chi connectivity index (χ3v) is 16.9. The maximum atomic E-state index is 11.9. The third kappa shape index (κ3) is 13.9. The molecule has 0 aromatic carbocycles. The van der Waals surface area contributed by atoms with Crippen LogP contribution in [0.15, 0.2) is 0 Å². The van der Waals surface area contributed by atoms with Gasteiger partial charge in [-0.1, -0.05) is 0 Å². The second-order valence-corrected chi connectivity index (χ2v) is 22.5. The number of rotatable bonds is 12. The van der Waals surface area contributed by atoms with E-state index in [0.717, 1.165) is 0 Å². The fourth-order valence-electron chi connectivity index (χ4n) is 11.8. The molecule has 0 spiro atoms. The minimum atomic E-state index is -2.37. The second kappa shape index (κ2) is 30.0. The van der Waals surface area contributed by atoms with Crippen molar-refractivity contribution < 1.29 is 198 Å². The van der Waals surface area contributed by atoms with Gasteiger partial charge in [0.1, 0.15) is 195 Å². The molecule has 40 atom stereocenters. The van der Waals surface area contributed by atoms with Crippen LogP contribution in [0.4, 0.5) is 0 Å². The van der Waals surface area contributed by atoms with Gasteiger partial charge in [-0.2, -0.15) is 0 Å². The summed E-state index contributed by atoms with van der Waals surface area (Å²) in [5, 5.41) is 264. The lowest BCUT2D eigenvalue weighted by Gasteiger charge is -2.51. The van der Waals surface area contributed by atoms with E-state index in [2.05, 4.69) is 0 Å². The van der Waals surface area contributed by atoms with Crippen LogP contribution in [-0.2, 0) is 75.8 Å². The molecule has 0 aromatic heterocycles. The van der Waals surface area contributed by atoms with Crippen LogP contribution in [0.5, 0.6) is 0 Å². The Bertz CT molecular complexity index is 2130. The van der Waals surface area contributed by atoms with E-state index in [1.165, 1.54) is 0 Å². The van der Waals surface area contributed by atoms with E-state index in [-0.39, 0.29) is 0 Å². The first kappa shape index (κ1) is 70.7. The quantitative estimate of drug-likeness (QED) is 0.0863. The minimum absolute atomic E-state index is 0.886. The maximum Gasteiger partial charge on any atom is 0.187 e. The molecule has 88 heavy (non-hydrogen) atoms. The molecule has 0 saturated carbocycles. The van der Waals surface area contributed by atoms with Crippen LogP contribution in [0.1, 0.15) is 0 Å². The summed E-state index contributed by atoms with van der Waals surface area (Å²) in [5.41, 5.74) is 0. The van der Waals surface area contributed by atoms with Gasteiger partial charge in [0, 0.05) is 0 Å². The summed E-state index contributed by atoms with van der Waals surface area (Å²) < 4.78 is 91.7. The third-order valence-electron chi connectivity index (χ3n) is 16.9. The van der Waals surface area contributed by atoms with Crippen molar-refractivity contribution in [2.45, 2.75) is 246 Å². The molecule has 40 heteroatoms. The largest absolute Gasteiger partial charge is 0.394 e. The molecule has 40 nitrogen and oxygen atoms in total. The number of hydrogen-bond donors (Lipinski definition) is 24. The van der Waals surface area contributed by atoms with Crippen LogP contribution in [0.25, 0.3) is 0 Å². The average molecular weight is 1300 g/mol. The molecule has 0 radical (unpaired) electrons. The van der Waals surface area contributed by atoms with Gasteiger partial charge in [0.2, 0.25) is 0 Å². The standard InChI is InChI=1S/C48H80O40/c49-1-9-17(56)18(57)26(65)42(74-9)82-34-10(2-50)75-41(27(66)19(34)58)73-8-16-40-25(64)33(72)48(81-16)87-39-15(7-55)79-46(31(70)23(39)62)85-37-13(5-53)77-44(29(68)21(37)60)83-35-11(3-51)76-43(28(67)20(35)59)84-36-12(4-52)78-45(30(69)22(36)61)86-38-14(6-54)80-47(88-40)32(71)24(38)63/h9-72H,1-8H2. The van der Waals surface area contributed by atoms with Crippen molar-refractivity contribution in [3.8, 4) is 0 Å². The van der Waals surface area contributed by atoms with E-state index in [4.69, 9.17) is 75.8 Å². The van der Waals surface area contributed by atoms with Crippen LogP contribution < -0.4 is 0 Å². The van der Waals surface area contributed by atoms with Crippen molar-refractivity contribution in [2.24, 2.45) is 0 Å². The van der Waals surface area contributed by atoms with Gasteiger partial charge in [-0.05, 0) is 0 Å². The van der Waals surface area contributed by atoms with Crippen LogP contribution in [0.2, 0.25) is 0 Å². The van der Waals surface area contributed by atoms with Gasteiger partial charge in [-0.3, -0.25) is 0 Å². The molecule has 0 aromatic rings. The van der Waals surface area contributed by atoms with Crippen molar-refractivity contribution in [3.63, 3.8) is 0 Å². The van der Waals surface area contributed by atoms with E-state index < -0.39 is 299 Å². The Morgan fingerprint density at radius 1 is 0.205 bits per heavy atom. The summed E-state index contributed by atoms with van der Waals surface area (Å²) >= 11 is 0. The molecule has 12 bridgehead atoms. The predicted octanol–water partition coefficient (Wildman–Crippen LogP) is -17.4. The van der Waals surface area contributed by atoms with Crippen molar-refractivity contribution >= 4 is 0 Å². The van der Waals surface area contributed by atoms with E-state index in [9.17, 15) is 123 Å². The maximum absolute atomic E-state index is 11.9. The second-order valence-electron chi connectivity index (χ2n) is 22.5. The van der Waals surface area contributed by atoms with Gasteiger partial charge in [0.25, 0.3) is 0 Å². The Hall–Kier alpha value is -1.60. The van der Waals surface area contributed by atoms with Gasteiger partial charge >= 0.3 is 0 Å². The van der Waals surface area contributed by atoms with E-state index in [1.54, 1.807) is 0 Å². The molecule has 24 saturated heterocycles. The van der Waals surface area contributed by atoms with Crippen LogP contribution in [-0.4, -0.2) is 421 Å². The smallest absolute Gasteiger partial charge is 0.187 e. The number of aliphatic hydroxyl groups excluding tert-OH is 24. The van der Waals surface area contributed by atoms with Crippen LogP contribution in [0, 0.1) is 0 Å². The molecule has 24 aliphatic heterocycles. The first-order valence-electron chi connectivity index (χ1n) is 28.1. The summed E-state index contributed by atoms with van der Waals surface area (Å²) in [6, 6.07) is 0. The van der Waals surface area contributed by atoms with Gasteiger partial charge in [0.15, 0.2) is 50.3 Å². The first-order chi connectivity index (χ1) is 41.9. The van der Waals surface area contributed by atoms with Gasteiger partial charge in [-0.15, -0.1) is 0 Å². The molecule has 24 heterocycles. The predicted molar refractivity (Wildman–Crippen MR) is 261 cm³/mol. The number of aliphatic hydroxyl groups is 24. The molecular weight excluding hydrogens is 1220 g/mol. The topological polar surface area (TPSA) is 633 Å². The highest BCUT2D eigenvalue weighted by molar-refractivity contribution is 5.02. The van der Waals surface area contributed by atoms with E-state index in [0.29, 0.717) is 0 Å². The summed E-state index contributed by atoms with van der Waals surface area (Å²) in [6.45, 7) is -8.43. The highest BCUT2D eigenvalue weighted by Gasteiger charge is 2.60. The molecule has 24 N–H and O–H groups in total. The number of ether oxygens (including phenoxy) is 16. The summed E-state index contributed by atoms with van der Waals surface area (Å²) in [6.07, 6.45) is -82.0. The van der Waals surface area contributed by atoms with E-state index >= 15 is 0 Å². The van der Waals surface area contributed by atoms with E-state index in [1.807, 2.05) is 0 Å². The van der Waals surface area contributed by atoms with Gasteiger partial charge < -0.3 is 198 Å². The highest BCUT2D eigenvalue weighted by Crippen LogP contribution is 2.39. The summed E-state index contributed by atoms with van der Waals surface area (Å²) in [4.78, 5) is 0. The number of hydrogen-bond acceptors (Lipinski definition) is 40.